The summed E-state index contributed by atoms with van der Waals surface area (Å²) in [6, 6.07) is 7.69. The number of furan rings is 1. The number of morpholine rings is 1. The fourth-order valence-corrected chi connectivity index (χ4v) is 2.77. The van der Waals surface area contributed by atoms with E-state index in [0.29, 0.717) is 25.4 Å². The Kier molecular flexibility index (Phi) is 3.69. The zero-order valence-corrected chi connectivity index (χ0v) is 12.3. The molecular formula is C16H20N2O3. The van der Waals surface area contributed by atoms with E-state index in [1.165, 1.54) is 0 Å². The van der Waals surface area contributed by atoms with Crippen molar-refractivity contribution >= 4 is 16.9 Å². The average molecular weight is 288 g/mol. The van der Waals surface area contributed by atoms with Crippen LogP contribution in [0.2, 0.25) is 0 Å². The molecule has 1 aromatic carbocycles. The number of hydrogen-bond donors (Lipinski definition) is 1. The molecule has 2 aromatic rings. The monoisotopic (exact) mass is 288 g/mol. The highest BCUT2D eigenvalue weighted by atomic mass is 16.5. The summed E-state index contributed by atoms with van der Waals surface area (Å²) in [5.74, 6) is 0.276. The molecule has 2 N–H and O–H groups in total. The summed E-state index contributed by atoms with van der Waals surface area (Å²) < 4.78 is 11.4. The lowest BCUT2D eigenvalue weighted by Crippen LogP contribution is -2.51. The Morgan fingerprint density at radius 3 is 2.95 bits per heavy atom. The third-order valence-corrected chi connectivity index (χ3v) is 3.76. The average Bonchev–Trinajstić information content (AvgIpc) is 2.88. The van der Waals surface area contributed by atoms with E-state index in [-0.39, 0.29) is 18.1 Å². The Morgan fingerprint density at radius 2 is 2.19 bits per heavy atom. The molecule has 0 bridgehead atoms. The number of aryl methyl sites for hydroxylation is 1. The summed E-state index contributed by atoms with van der Waals surface area (Å²) in [6.07, 6.45) is -0.118. The van der Waals surface area contributed by atoms with Crippen molar-refractivity contribution in [3.63, 3.8) is 0 Å². The summed E-state index contributed by atoms with van der Waals surface area (Å²) in [6.45, 7) is 5.45. The van der Waals surface area contributed by atoms with Gasteiger partial charge < -0.3 is 19.8 Å². The molecule has 2 atom stereocenters. The highest BCUT2D eigenvalue weighted by Crippen LogP contribution is 2.23. The van der Waals surface area contributed by atoms with E-state index in [4.69, 9.17) is 14.9 Å². The molecule has 21 heavy (non-hydrogen) atoms. The Hall–Kier alpha value is -1.85. The quantitative estimate of drug-likeness (QED) is 0.916. The van der Waals surface area contributed by atoms with E-state index < -0.39 is 0 Å². The van der Waals surface area contributed by atoms with E-state index in [2.05, 4.69) is 0 Å². The van der Waals surface area contributed by atoms with Crippen molar-refractivity contribution in [2.75, 3.05) is 19.6 Å². The molecule has 0 saturated carbocycles. The Labute approximate surface area is 123 Å². The number of nitrogens with two attached hydrogens (primary N) is 1. The Balaban J connectivity index is 1.85. The molecule has 112 valence electrons. The van der Waals surface area contributed by atoms with E-state index >= 15 is 0 Å². The van der Waals surface area contributed by atoms with Crippen LogP contribution < -0.4 is 5.73 Å². The summed E-state index contributed by atoms with van der Waals surface area (Å²) in [5, 5.41) is 0.954. The van der Waals surface area contributed by atoms with Gasteiger partial charge in [0, 0.05) is 25.0 Å². The predicted molar refractivity (Wildman–Crippen MR) is 80.2 cm³/mol. The standard InChI is InChI=1S/C16H20N2O3/c1-10-3-4-14-12(5-10)6-15(21-14)16(19)18-8-11(2)20-13(7-17)9-18/h3-6,11,13H,7-9,17H2,1-2H3. The molecule has 3 rings (SSSR count). The third kappa shape index (κ3) is 2.80. The minimum Gasteiger partial charge on any atom is -0.451 e. The Bertz CT molecular complexity index is 665. The first-order valence-electron chi connectivity index (χ1n) is 7.22. The van der Waals surface area contributed by atoms with Crippen molar-refractivity contribution in [1.82, 2.24) is 4.90 Å². The minimum atomic E-state index is -0.107. The van der Waals surface area contributed by atoms with Gasteiger partial charge in [-0.3, -0.25) is 4.79 Å². The maximum atomic E-state index is 12.6. The number of carbonyl (C=O) groups is 1. The molecular weight excluding hydrogens is 268 g/mol. The largest absolute Gasteiger partial charge is 0.451 e. The fraction of sp³-hybridized carbons (Fsp3) is 0.438. The van der Waals surface area contributed by atoms with E-state index in [1.807, 2.05) is 38.1 Å². The SMILES string of the molecule is Cc1ccc2oc(C(=O)N3CC(C)OC(CN)C3)cc2c1. The second-order valence-corrected chi connectivity index (χ2v) is 5.67. The number of hydrogen-bond acceptors (Lipinski definition) is 4. The van der Waals surface area contributed by atoms with Gasteiger partial charge in [0.25, 0.3) is 5.91 Å². The molecule has 0 aliphatic carbocycles. The second kappa shape index (κ2) is 5.50. The first kappa shape index (κ1) is 14.1. The molecule has 1 saturated heterocycles. The third-order valence-electron chi connectivity index (χ3n) is 3.76. The van der Waals surface area contributed by atoms with E-state index in [0.717, 1.165) is 16.5 Å². The molecule has 1 aliphatic heterocycles. The van der Waals surface area contributed by atoms with Crippen molar-refractivity contribution in [2.24, 2.45) is 5.73 Å². The first-order valence-corrected chi connectivity index (χ1v) is 7.22. The van der Waals surface area contributed by atoms with Crippen molar-refractivity contribution in [3.8, 4) is 0 Å². The predicted octanol–water partition coefficient (Wildman–Crippen LogP) is 1.93. The number of fused-ring (bicyclic) bond motifs is 1. The zero-order chi connectivity index (χ0) is 15.0. The molecule has 0 spiro atoms. The number of rotatable bonds is 2. The molecule has 5 nitrogen and oxygen atoms in total. The zero-order valence-electron chi connectivity index (χ0n) is 12.3. The van der Waals surface area contributed by atoms with Gasteiger partial charge in [-0.05, 0) is 32.0 Å². The van der Waals surface area contributed by atoms with Crippen LogP contribution in [0, 0.1) is 6.92 Å². The van der Waals surface area contributed by atoms with Crippen LogP contribution >= 0.6 is 0 Å². The van der Waals surface area contributed by atoms with Crippen LogP contribution in [0.1, 0.15) is 23.0 Å². The smallest absolute Gasteiger partial charge is 0.289 e. The molecule has 5 heteroatoms. The molecule has 1 amide bonds. The van der Waals surface area contributed by atoms with Crippen LogP contribution in [-0.4, -0.2) is 42.6 Å². The van der Waals surface area contributed by atoms with Gasteiger partial charge in [-0.1, -0.05) is 11.6 Å². The van der Waals surface area contributed by atoms with Crippen LogP contribution in [0.15, 0.2) is 28.7 Å². The summed E-state index contributed by atoms with van der Waals surface area (Å²) in [7, 11) is 0. The summed E-state index contributed by atoms with van der Waals surface area (Å²) in [5.41, 5.74) is 7.54. The summed E-state index contributed by atoms with van der Waals surface area (Å²) in [4.78, 5) is 14.4. The highest BCUT2D eigenvalue weighted by molar-refractivity contribution is 5.96. The first-order chi connectivity index (χ1) is 10.1. The lowest BCUT2D eigenvalue weighted by atomic mass is 10.1. The maximum Gasteiger partial charge on any atom is 0.289 e. The number of amides is 1. The van der Waals surface area contributed by atoms with E-state index in [1.54, 1.807) is 4.90 Å². The van der Waals surface area contributed by atoms with Crippen molar-refractivity contribution in [1.29, 1.82) is 0 Å². The summed E-state index contributed by atoms with van der Waals surface area (Å²) >= 11 is 0. The molecule has 1 fully saturated rings. The van der Waals surface area contributed by atoms with Crippen LogP contribution in [-0.2, 0) is 4.74 Å². The van der Waals surface area contributed by atoms with Crippen LogP contribution in [0.4, 0.5) is 0 Å². The lowest BCUT2D eigenvalue weighted by Gasteiger charge is -2.35. The van der Waals surface area contributed by atoms with Gasteiger partial charge in [0.15, 0.2) is 5.76 Å². The maximum absolute atomic E-state index is 12.6. The van der Waals surface area contributed by atoms with E-state index in [9.17, 15) is 4.79 Å². The number of benzene rings is 1. The van der Waals surface area contributed by atoms with Crippen LogP contribution in [0.3, 0.4) is 0 Å². The van der Waals surface area contributed by atoms with Crippen molar-refractivity contribution in [3.05, 3.63) is 35.6 Å². The molecule has 1 aromatic heterocycles. The number of ether oxygens (including phenoxy) is 1. The van der Waals surface area contributed by atoms with Crippen molar-refractivity contribution < 1.29 is 13.9 Å². The van der Waals surface area contributed by atoms with Gasteiger partial charge in [0.1, 0.15) is 5.58 Å². The molecule has 2 unspecified atom stereocenters. The van der Waals surface area contributed by atoms with Crippen molar-refractivity contribution in [2.45, 2.75) is 26.1 Å². The van der Waals surface area contributed by atoms with Gasteiger partial charge >= 0.3 is 0 Å². The van der Waals surface area contributed by atoms with Gasteiger partial charge in [0.05, 0.1) is 12.2 Å². The normalized spacial score (nSPS) is 22.7. The topological polar surface area (TPSA) is 68.7 Å². The Morgan fingerprint density at radius 1 is 1.38 bits per heavy atom. The van der Waals surface area contributed by atoms with Gasteiger partial charge in [-0.2, -0.15) is 0 Å². The fourth-order valence-electron chi connectivity index (χ4n) is 2.77. The molecule has 1 aliphatic rings. The second-order valence-electron chi connectivity index (χ2n) is 5.67. The number of carbonyl (C=O) groups excluding carboxylic acids is 1. The molecule has 2 heterocycles. The highest BCUT2D eigenvalue weighted by Gasteiger charge is 2.29. The minimum absolute atomic E-state index is 0.0112. The lowest BCUT2D eigenvalue weighted by molar-refractivity contribution is -0.0631. The van der Waals surface area contributed by atoms with Gasteiger partial charge in [-0.15, -0.1) is 0 Å². The number of nitrogens with zero attached hydrogens (tertiary/aromatic N) is 1. The molecule has 0 radical (unpaired) electrons. The van der Waals surface area contributed by atoms with Crippen LogP contribution in [0.25, 0.3) is 11.0 Å². The van der Waals surface area contributed by atoms with Gasteiger partial charge in [-0.25, -0.2) is 0 Å². The van der Waals surface area contributed by atoms with Gasteiger partial charge in [0.2, 0.25) is 0 Å². The van der Waals surface area contributed by atoms with Crippen LogP contribution in [0.5, 0.6) is 0 Å².